The molecule has 1 heterocycles. The van der Waals surface area contributed by atoms with Crippen LogP contribution in [0.1, 0.15) is 42.0 Å². The first-order valence-electron chi connectivity index (χ1n) is 8.06. The number of hydrogen-bond acceptors (Lipinski definition) is 2. The summed E-state index contributed by atoms with van der Waals surface area (Å²) in [5.74, 6) is 0. The van der Waals surface area contributed by atoms with E-state index in [0.29, 0.717) is 6.04 Å². The van der Waals surface area contributed by atoms with Gasteiger partial charge in [-0.15, -0.1) is 0 Å². The Morgan fingerprint density at radius 3 is 2.81 bits per heavy atom. The molecule has 2 aliphatic rings. The van der Waals surface area contributed by atoms with E-state index in [9.17, 15) is 0 Å². The number of nitrogen functional groups attached to an aromatic ring is 1. The highest BCUT2D eigenvalue weighted by molar-refractivity contribution is 5.58. The molecular weight excluding hydrogens is 256 g/mol. The lowest BCUT2D eigenvalue weighted by atomic mass is 10.0. The summed E-state index contributed by atoms with van der Waals surface area (Å²) in [7, 11) is 0. The van der Waals surface area contributed by atoms with E-state index in [4.69, 9.17) is 5.73 Å². The molecule has 2 aromatic rings. The molecule has 0 saturated carbocycles. The second-order valence-corrected chi connectivity index (χ2v) is 6.29. The fourth-order valence-corrected chi connectivity index (χ4v) is 3.98. The summed E-state index contributed by atoms with van der Waals surface area (Å²) in [6, 6.07) is 15.9. The molecule has 0 saturated heterocycles. The van der Waals surface area contributed by atoms with Crippen LogP contribution in [0.2, 0.25) is 0 Å². The SMILES string of the molecule is Nc1ccc2c(c1)CCC2N1CCCCc2ccccc21. The molecule has 4 rings (SSSR count). The van der Waals surface area contributed by atoms with E-state index < -0.39 is 0 Å². The first kappa shape index (κ1) is 12.8. The van der Waals surface area contributed by atoms with Crippen LogP contribution in [0.25, 0.3) is 0 Å². The van der Waals surface area contributed by atoms with Crippen LogP contribution < -0.4 is 10.6 Å². The number of benzene rings is 2. The summed E-state index contributed by atoms with van der Waals surface area (Å²) in [6.45, 7) is 1.17. The number of rotatable bonds is 1. The lowest BCUT2D eigenvalue weighted by Gasteiger charge is -2.32. The van der Waals surface area contributed by atoms with Crippen molar-refractivity contribution in [1.82, 2.24) is 0 Å². The summed E-state index contributed by atoms with van der Waals surface area (Å²) in [5, 5.41) is 0. The third-order valence-corrected chi connectivity index (χ3v) is 4.99. The number of para-hydroxylation sites is 1. The predicted molar refractivity (Wildman–Crippen MR) is 88.6 cm³/mol. The third-order valence-electron chi connectivity index (χ3n) is 4.99. The monoisotopic (exact) mass is 278 g/mol. The topological polar surface area (TPSA) is 29.3 Å². The first-order chi connectivity index (χ1) is 10.3. The Labute approximate surface area is 126 Å². The number of fused-ring (bicyclic) bond motifs is 2. The number of anilines is 2. The van der Waals surface area contributed by atoms with E-state index in [0.717, 1.165) is 12.1 Å². The molecule has 0 radical (unpaired) electrons. The van der Waals surface area contributed by atoms with Gasteiger partial charge in [0.15, 0.2) is 0 Å². The first-order valence-corrected chi connectivity index (χ1v) is 8.06. The van der Waals surface area contributed by atoms with Gasteiger partial charge in [0.05, 0.1) is 6.04 Å². The van der Waals surface area contributed by atoms with Gasteiger partial charge in [-0.1, -0.05) is 24.3 Å². The Morgan fingerprint density at radius 1 is 0.952 bits per heavy atom. The molecule has 2 aromatic carbocycles. The third kappa shape index (κ3) is 2.19. The second kappa shape index (κ2) is 5.10. The average molecular weight is 278 g/mol. The molecule has 21 heavy (non-hydrogen) atoms. The zero-order chi connectivity index (χ0) is 14.2. The van der Waals surface area contributed by atoms with E-state index in [-0.39, 0.29) is 0 Å². The van der Waals surface area contributed by atoms with E-state index in [1.54, 1.807) is 0 Å². The van der Waals surface area contributed by atoms with Gasteiger partial charge < -0.3 is 10.6 Å². The molecule has 0 fully saturated rings. The van der Waals surface area contributed by atoms with Crippen LogP contribution in [0.4, 0.5) is 11.4 Å². The maximum Gasteiger partial charge on any atom is 0.0548 e. The largest absolute Gasteiger partial charge is 0.399 e. The van der Waals surface area contributed by atoms with E-state index in [1.807, 2.05) is 0 Å². The Kier molecular flexibility index (Phi) is 3.10. The summed E-state index contributed by atoms with van der Waals surface area (Å²) in [6.07, 6.45) is 6.18. The van der Waals surface area contributed by atoms with Gasteiger partial charge in [0, 0.05) is 17.9 Å². The fourth-order valence-electron chi connectivity index (χ4n) is 3.98. The fraction of sp³-hybridized carbons (Fsp3) is 0.368. The van der Waals surface area contributed by atoms with Crippen molar-refractivity contribution in [3.8, 4) is 0 Å². The highest BCUT2D eigenvalue weighted by Gasteiger charge is 2.29. The van der Waals surface area contributed by atoms with E-state index in [1.165, 1.54) is 54.6 Å². The normalized spacial score (nSPS) is 20.8. The summed E-state index contributed by atoms with van der Waals surface area (Å²) >= 11 is 0. The van der Waals surface area contributed by atoms with Crippen molar-refractivity contribution in [3.05, 3.63) is 59.2 Å². The van der Waals surface area contributed by atoms with Crippen molar-refractivity contribution < 1.29 is 0 Å². The predicted octanol–water partition coefficient (Wildman–Crippen LogP) is 4.10. The van der Waals surface area contributed by atoms with Gasteiger partial charge in [-0.25, -0.2) is 0 Å². The number of nitrogens with two attached hydrogens (primary N) is 1. The van der Waals surface area contributed by atoms with E-state index in [2.05, 4.69) is 47.4 Å². The van der Waals surface area contributed by atoms with Gasteiger partial charge in [-0.05, 0) is 67.0 Å². The number of aryl methyl sites for hydroxylation is 2. The zero-order valence-electron chi connectivity index (χ0n) is 12.4. The van der Waals surface area contributed by atoms with Crippen LogP contribution in [-0.2, 0) is 12.8 Å². The van der Waals surface area contributed by atoms with Crippen LogP contribution in [-0.4, -0.2) is 6.54 Å². The quantitative estimate of drug-likeness (QED) is 0.796. The average Bonchev–Trinajstić information content (AvgIpc) is 2.79. The van der Waals surface area contributed by atoms with Gasteiger partial charge in [-0.3, -0.25) is 0 Å². The molecule has 0 bridgehead atoms. The van der Waals surface area contributed by atoms with Crippen molar-refractivity contribution in [3.63, 3.8) is 0 Å². The molecule has 0 aromatic heterocycles. The minimum Gasteiger partial charge on any atom is -0.399 e. The molecular formula is C19H22N2. The minimum atomic E-state index is 0.528. The molecule has 2 nitrogen and oxygen atoms in total. The van der Waals surface area contributed by atoms with Gasteiger partial charge in [0.25, 0.3) is 0 Å². The molecule has 1 unspecified atom stereocenters. The summed E-state index contributed by atoms with van der Waals surface area (Å²) in [5.41, 5.74) is 12.7. The van der Waals surface area contributed by atoms with Gasteiger partial charge in [0.1, 0.15) is 0 Å². The van der Waals surface area contributed by atoms with Crippen LogP contribution in [0, 0.1) is 0 Å². The minimum absolute atomic E-state index is 0.528. The number of nitrogens with zero attached hydrogens (tertiary/aromatic N) is 1. The van der Waals surface area contributed by atoms with Crippen LogP contribution in [0.5, 0.6) is 0 Å². The lowest BCUT2D eigenvalue weighted by molar-refractivity contribution is 0.599. The Bertz CT molecular complexity index is 662. The lowest BCUT2D eigenvalue weighted by Crippen LogP contribution is -2.28. The Morgan fingerprint density at radius 2 is 1.86 bits per heavy atom. The molecule has 0 spiro atoms. The molecule has 1 aliphatic heterocycles. The number of hydrogen-bond donors (Lipinski definition) is 1. The smallest absolute Gasteiger partial charge is 0.0548 e. The van der Waals surface area contributed by atoms with Gasteiger partial charge >= 0.3 is 0 Å². The Hall–Kier alpha value is -1.96. The van der Waals surface area contributed by atoms with Gasteiger partial charge in [0.2, 0.25) is 0 Å². The second-order valence-electron chi connectivity index (χ2n) is 6.29. The standard InChI is InChI=1S/C19H22N2/c20-16-9-10-17-15(13-16)8-11-19(17)21-12-4-3-6-14-5-1-2-7-18(14)21/h1-2,5,7,9-10,13,19H,3-4,6,8,11-12,20H2. The molecule has 2 N–H and O–H groups in total. The van der Waals surface area contributed by atoms with Crippen molar-refractivity contribution >= 4 is 11.4 Å². The highest BCUT2D eigenvalue weighted by atomic mass is 15.2. The highest BCUT2D eigenvalue weighted by Crippen LogP contribution is 2.41. The summed E-state index contributed by atoms with van der Waals surface area (Å²) < 4.78 is 0. The van der Waals surface area contributed by atoms with Crippen LogP contribution in [0.15, 0.2) is 42.5 Å². The van der Waals surface area contributed by atoms with Crippen LogP contribution >= 0.6 is 0 Å². The molecule has 0 amide bonds. The van der Waals surface area contributed by atoms with Crippen molar-refractivity contribution in [2.24, 2.45) is 0 Å². The van der Waals surface area contributed by atoms with Crippen molar-refractivity contribution in [2.75, 3.05) is 17.2 Å². The van der Waals surface area contributed by atoms with Crippen molar-refractivity contribution in [1.29, 1.82) is 0 Å². The zero-order valence-corrected chi connectivity index (χ0v) is 12.4. The molecule has 2 heteroatoms. The maximum absolute atomic E-state index is 5.94. The summed E-state index contributed by atoms with van der Waals surface area (Å²) in [4.78, 5) is 2.64. The van der Waals surface area contributed by atoms with Gasteiger partial charge in [-0.2, -0.15) is 0 Å². The van der Waals surface area contributed by atoms with E-state index >= 15 is 0 Å². The molecule has 108 valence electrons. The Balaban J connectivity index is 1.75. The molecule has 1 atom stereocenters. The molecule has 1 aliphatic carbocycles. The van der Waals surface area contributed by atoms with Crippen LogP contribution in [0.3, 0.4) is 0 Å². The van der Waals surface area contributed by atoms with Crippen molar-refractivity contribution in [2.45, 2.75) is 38.1 Å². The maximum atomic E-state index is 5.94.